The number of anilines is 1. The minimum absolute atomic E-state index is 0.573. The van der Waals surface area contributed by atoms with Crippen molar-refractivity contribution in [1.29, 1.82) is 0 Å². The lowest BCUT2D eigenvalue weighted by molar-refractivity contribution is -0.138. The summed E-state index contributed by atoms with van der Waals surface area (Å²) in [5.41, 5.74) is 1.48. The second-order valence-corrected chi connectivity index (χ2v) is 4.54. The third-order valence-electron chi connectivity index (χ3n) is 3.16. The van der Waals surface area contributed by atoms with Crippen LogP contribution in [0.15, 0.2) is 30.5 Å². The van der Waals surface area contributed by atoms with Crippen LogP contribution in [0.1, 0.15) is 19.8 Å². The van der Waals surface area contributed by atoms with Crippen LogP contribution in [-0.4, -0.2) is 29.2 Å². The maximum Gasteiger partial charge on any atom is 0.326 e. The summed E-state index contributed by atoms with van der Waals surface area (Å²) < 4.78 is 5.28. The molecule has 0 saturated heterocycles. The number of carboxylic acid groups (broad SMARTS) is 1. The zero-order chi connectivity index (χ0) is 14.5. The molecule has 0 aliphatic carbocycles. The van der Waals surface area contributed by atoms with Crippen molar-refractivity contribution >= 4 is 22.6 Å². The number of carboxylic acids is 1. The van der Waals surface area contributed by atoms with E-state index in [4.69, 9.17) is 4.74 Å². The predicted molar refractivity (Wildman–Crippen MR) is 78.2 cm³/mol. The first-order chi connectivity index (χ1) is 9.67. The molecule has 0 amide bonds. The van der Waals surface area contributed by atoms with Crippen molar-refractivity contribution in [1.82, 2.24) is 4.98 Å². The van der Waals surface area contributed by atoms with Crippen LogP contribution in [0.2, 0.25) is 0 Å². The number of benzene rings is 1. The van der Waals surface area contributed by atoms with E-state index in [9.17, 15) is 9.90 Å². The maximum absolute atomic E-state index is 11.3. The Balaban J connectivity index is 2.41. The van der Waals surface area contributed by atoms with Gasteiger partial charge in [0.05, 0.1) is 7.11 Å². The summed E-state index contributed by atoms with van der Waals surface area (Å²) in [4.78, 5) is 15.5. The molecule has 1 aromatic carbocycles. The number of fused-ring (bicyclic) bond motifs is 1. The summed E-state index contributed by atoms with van der Waals surface area (Å²) in [5, 5.41) is 13.2. The normalized spacial score (nSPS) is 12.1. The number of pyridine rings is 1. The van der Waals surface area contributed by atoms with Gasteiger partial charge in [-0.1, -0.05) is 25.5 Å². The number of carbonyl (C=O) groups is 1. The predicted octanol–water partition coefficient (Wildman–Crippen LogP) is 2.91. The van der Waals surface area contributed by atoms with Crippen LogP contribution >= 0.6 is 0 Å². The molecule has 20 heavy (non-hydrogen) atoms. The molecule has 0 aliphatic heterocycles. The fraction of sp³-hybridized carbons (Fsp3) is 0.333. The lowest BCUT2D eigenvalue weighted by atomic mass is 10.1. The molecule has 1 atom stereocenters. The van der Waals surface area contributed by atoms with Crippen molar-refractivity contribution in [3.05, 3.63) is 30.5 Å². The zero-order valence-electron chi connectivity index (χ0n) is 11.6. The molecule has 2 N–H and O–H groups in total. The first-order valence-corrected chi connectivity index (χ1v) is 6.58. The van der Waals surface area contributed by atoms with E-state index in [1.807, 2.05) is 25.1 Å². The molecule has 1 heterocycles. The summed E-state index contributed by atoms with van der Waals surface area (Å²) in [5.74, 6) is -0.173. The average Bonchev–Trinajstić information content (AvgIpc) is 2.46. The van der Waals surface area contributed by atoms with Crippen LogP contribution in [0, 0.1) is 0 Å². The first kappa shape index (κ1) is 14.1. The lowest BCUT2D eigenvalue weighted by Crippen LogP contribution is -2.29. The summed E-state index contributed by atoms with van der Waals surface area (Å²) in [6.45, 7) is 1.96. The van der Waals surface area contributed by atoms with Crippen molar-refractivity contribution in [3.8, 4) is 5.75 Å². The van der Waals surface area contributed by atoms with E-state index >= 15 is 0 Å². The molecule has 1 aromatic heterocycles. The number of nitrogens with one attached hydrogen (secondary N) is 1. The van der Waals surface area contributed by atoms with Crippen LogP contribution in [0.4, 0.5) is 5.69 Å². The van der Waals surface area contributed by atoms with Gasteiger partial charge in [-0.25, -0.2) is 4.79 Å². The van der Waals surface area contributed by atoms with Gasteiger partial charge in [-0.05, 0) is 18.6 Å². The number of nitrogens with zero attached hydrogens (tertiary/aromatic N) is 1. The molecule has 0 saturated carbocycles. The van der Waals surface area contributed by atoms with Crippen molar-refractivity contribution < 1.29 is 14.6 Å². The van der Waals surface area contributed by atoms with Gasteiger partial charge in [-0.15, -0.1) is 0 Å². The molecule has 0 bridgehead atoms. The molecular weight excluding hydrogens is 256 g/mol. The number of rotatable bonds is 6. The van der Waals surface area contributed by atoms with Gasteiger partial charge in [0, 0.05) is 17.3 Å². The standard InChI is InChI=1S/C15H18N2O3/c1-3-5-12(15(18)19)17-11-8-9-16-14-10(11)6-4-7-13(14)20-2/h4,6-9,12H,3,5H2,1-2H3,(H,16,17)(H,18,19). The number of aromatic nitrogens is 1. The van der Waals surface area contributed by atoms with Crippen molar-refractivity contribution in [2.24, 2.45) is 0 Å². The fourth-order valence-corrected chi connectivity index (χ4v) is 2.17. The summed E-state index contributed by atoms with van der Waals surface area (Å²) >= 11 is 0. The average molecular weight is 274 g/mol. The molecule has 0 aliphatic rings. The first-order valence-electron chi connectivity index (χ1n) is 6.58. The van der Waals surface area contributed by atoms with Crippen molar-refractivity contribution in [2.45, 2.75) is 25.8 Å². The summed E-state index contributed by atoms with van der Waals surface area (Å²) in [7, 11) is 1.59. The third kappa shape index (κ3) is 2.82. The number of para-hydroxylation sites is 1. The van der Waals surface area contributed by atoms with E-state index < -0.39 is 12.0 Å². The molecule has 0 fully saturated rings. The van der Waals surface area contributed by atoms with E-state index in [2.05, 4.69) is 10.3 Å². The third-order valence-corrected chi connectivity index (χ3v) is 3.16. The second kappa shape index (κ2) is 6.23. The van der Waals surface area contributed by atoms with Crippen LogP contribution < -0.4 is 10.1 Å². The highest BCUT2D eigenvalue weighted by molar-refractivity contribution is 5.95. The molecule has 5 nitrogen and oxygen atoms in total. The van der Waals surface area contributed by atoms with Crippen LogP contribution in [-0.2, 0) is 4.79 Å². The molecule has 5 heteroatoms. The Morgan fingerprint density at radius 2 is 2.25 bits per heavy atom. The van der Waals surface area contributed by atoms with Gasteiger partial charge >= 0.3 is 5.97 Å². The molecule has 0 radical (unpaired) electrons. The van der Waals surface area contributed by atoms with Crippen LogP contribution in [0.3, 0.4) is 0 Å². The highest BCUT2D eigenvalue weighted by Crippen LogP contribution is 2.29. The van der Waals surface area contributed by atoms with Gasteiger partial charge in [-0.3, -0.25) is 4.98 Å². The van der Waals surface area contributed by atoms with Gasteiger partial charge in [0.25, 0.3) is 0 Å². The van der Waals surface area contributed by atoms with Crippen LogP contribution in [0.25, 0.3) is 10.9 Å². The maximum atomic E-state index is 11.3. The molecule has 2 aromatic rings. The Kier molecular flexibility index (Phi) is 4.40. The van der Waals surface area contributed by atoms with Crippen molar-refractivity contribution in [2.75, 3.05) is 12.4 Å². The minimum atomic E-state index is -0.847. The SMILES string of the molecule is CCCC(Nc1ccnc2c(OC)cccc12)C(=O)O. The van der Waals surface area contributed by atoms with Gasteiger partial charge < -0.3 is 15.2 Å². The van der Waals surface area contributed by atoms with E-state index in [0.717, 1.165) is 23.0 Å². The van der Waals surface area contributed by atoms with Gasteiger partial charge in [0.2, 0.25) is 0 Å². The Bertz CT molecular complexity index is 613. The molecule has 2 rings (SSSR count). The van der Waals surface area contributed by atoms with Gasteiger partial charge in [-0.2, -0.15) is 0 Å². The fourth-order valence-electron chi connectivity index (χ4n) is 2.17. The van der Waals surface area contributed by atoms with E-state index in [0.29, 0.717) is 12.2 Å². The quantitative estimate of drug-likeness (QED) is 0.847. The number of ether oxygens (including phenoxy) is 1. The smallest absolute Gasteiger partial charge is 0.326 e. The van der Waals surface area contributed by atoms with E-state index in [1.54, 1.807) is 19.4 Å². The molecular formula is C15H18N2O3. The Morgan fingerprint density at radius 1 is 1.45 bits per heavy atom. The lowest BCUT2D eigenvalue weighted by Gasteiger charge is -2.16. The second-order valence-electron chi connectivity index (χ2n) is 4.54. The highest BCUT2D eigenvalue weighted by atomic mass is 16.5. The summed E-state index contributed by atoms with van der Waals surface area (Å²) in [6, 6.07) is 6.78. The Hall–Kier alpha value is -2.30. The van der Waals surface area contributed by atoms with Gasteiger partial charge in [0.15, 0.2) is 0 Å². The molecule has 106 valence electrons. The molecule has 0 spiro atoms. The number of aliphatic carboxylic acids is 1. The number of methoxy groups -OCH3 is 1. The minimum Gasteiger partial charge on any atom is -0.494 e. The van der Waals surface area contributed by atoms with E-state index in [1.165, 1.54) is 0 Å². The largest absolute Gasteiger partial charge is 0.494 e. The number of hydrogen-bond donors (Lipinski definition) is 2. The zero-order valence-corrected chi connectivity index (χ0v) is 11.6. The summed E-state index contributed by atoms with van der Waals surface area (Å²) in [6.07, 6.45) is 3.03. The Morgan fingerprint density at radius 3 is 2.90 bits per heavy atom. The van der Waals surface area contributed by atoms with Crippen LogP contribution in [0.5, 0.6) is 5.75 Å². The van der Waals surface area contributed by atoms with Gasteiger partial charge in [0.1, 0.15) is 17.3 Å². The molecule has 1 unspecified atom stereocenters. The Labute approximate surface area is 117 Å². The number of hydrogen-bond acceptors (Lipinski definition) is 4. The topological polar surface area (TPSA) is 71.5 Å². The highest BCUT2D eigenvalue weighted by Gasteiger charge is 2.17. The van der Waals surface area contributed by atoms with E-state index in [-0.39, 0.29) is 0 Å². The van der Waals surface area contributed by atoms with Crippen molar-refractivity contribution in [3.63, 3.8) is 0 Å². The monoisotopic (exact) mass is 274 g/mol.